The fraction of sp³-hybridized carbons (Fsp3) is 0.600. The minimum absolute atomic E-state index is 0.289. The highest BCUT2D eigenvalue weighted by atomic mass is 35.5. The first-order valence-corrected chi connectivity index (χ1v) is 6.08. The van der Waals surface area contributed by atoms with Crippen LogP contribution in [0.15, 0.2) is 6.07 Å². The average Bonchev–Trinajstić information content (AvgIpc) is 2.25. The number of nitrogens with zero attached hydrogens (tertiary/aromatic N) is 2. The van der Waals surface area contributed by atoms with Crippen LogP contribution in [0.1, 0.15) is 13.8 Å². The molecule has 1 aromatic heterocycles. The highest BCUT2D eigenvalue weighted by Crippen LogP contribution is 2.14. The van der Waals surface area contributed by atoms with Crippen LogP contribution >= 0.6 is 23.2 Å². The molecule has 0 spiro atoms. The summed E-state index contributed by atoms with van der Waals surface area (Å²) in [7, 11) is 0. The largest absolute Gasteiger partial charge is 0.351 e. The highest BCUT2D eigenvalue weighted by Gasteiger charge is 2.09. The van der Waals surface area contributed by atoms with Crippen LogP contribution in [0.3, 0.4) is 0 Å². The first-order chi connectivity index (χ1) is 8.15. The number of hydrogen-bond acceptors (Lipinski definition) is 5. The van der Waals surface area contributed by atoms with Gasteiger partial charge in [0, 0.05) is 19.3 Å². The molecule has 0 amide bonds. The van der Waals surface area contributed by atoms with Gasteiger partial charge in [-0.25, -0.2) is 9.97 Å². The summed E-state index contributed by atoms with van der Waals surface area (Å²) in [5, 5.41) is 3.53. The topological polar surface area (TPSA) is 56.3 Å². The summed E-state index contributed by atoms with van der Waals surface area (Å²) in [6.45, 7) is 5.38. The summed E-state index contributed by atoms with van der Waals surface area (Å²) in [5.74, 6) is 0.354. The molecule has 7 heteroatoms. The zero-order valence-electron chi connectivity index (χ0n) is 9.74. The average molecular weight is 280 g/mol. The number of hydrogen-bond donors (Lipinski definition) is 1. The molecular weight excluding hydrogens is 265 g/mol. The van der Waals surface area contributed by atoms with Gasteiger partial charge in [-0.2, -0.15) is 0 Å². The third-order valence-corrected chi connectivity index (χ3v) is 2.18. The van der Waals surface area contributed by atoms with E-state index in [1.807, 2.05) is 13.8 Å². The third-order valence-electron chi connectivity index (χ3n) is 1.80. The second kappa shape index (κ2) is 7.66. The Balaban J connectivity index is 2.52. The van der Waals surface area contributed by atoms with Gasteiger partial charge in [0.05, 0.1) is 6.54 Å². The Morgan fingerprint density at radius 1 is 1.18 bits per heavy atom. The number of anilines is 1. The molecule has 1 aromatic rings. The molecule has 5 nitrogen and oxygen atoms in total. The van der Waals surface area contributed by atoms with E-state index >= 15 is 0 Å². The van der Waals surface area contributed by atoms with Gasteiger partial charge in [-0.05, 0) is 13.8 Å². The Bertz CT molecular complexity index is 326. The molecule has 0 saturated carbocycles. The lowest BCUT2D eigenvalue weighted by atomic mass is 10.6. The van der Waals surface area contributed by atoms with E-state index in [-0.39, 0.29) is 16.6 Å². The van der Waals surface area contributed by atoms with Crippen molar-refractivity contribution in [2.24, 2.45) is 0 Å². The van der Waals surface area contributed by atoms with E-state index in [4.69, 9.17) is 32.7 Å². The van der Waals surface area contributed by atoms with E-state index < -0.39 is 0 Å². The highest BCUT2D eigenvalue weighted by molar-refractivity contribution is 6.33. The predicted octanol–water partition coefficient (Wildman–Crippen LogP) is 2.59. The normalized spacial score (nSPS) is 10.9. The second-order valence-corrected chi connectivity index (χ2v) is 3.83. The van der Waals surface area contributed by atoms with E-state index in [1.165, 1.54) is 6.07 Å². The van der Waals surface area contributed by atoms with E-state index in [1.54, 1.807) is 0 Å². The van der Waals surface area contributed by atoms with Crippen LogP contribution < -0.4 is 5.32 Å². The number of aromatic nitrogens is 2. The van der Waals surface area contributed by atoms with Crippen LogP contribution in [0.4, 0.5) is 5.95 Å². The zero-order chi connectivity index (χ0) is 12.7. The van der Waals surface area contributed by atoms with Crippen LogP contribution in [-0.2, 0) is 9.47 Å². The lowest BCUT2D eigenvalue weighted by Crippen LogP contribution is -2.27. The van der Waals surface area contributed by atoms with Gasteiger partial charge in [0.15, 0.2) is 6.29 Å². The van der Waals surface area contributed by atoms with Crippen molar-refractivity contribution in [1.82, 2.24) is 9.97 Å². The van der Waals surface area contributed by atoms with Crippen molar-refractivity contribution in [1.29, 1.82) is 0 Å². The zero-order valence-corrected chi connectivity index (χ0v) is 11.3. The Hall–Kier alpha value is -0.620. The van der Waals surface area contributed by atoms with Crippen molar-refractivity contribution in [3.63, 3.8) is 0 Å². The van der Waals surface area contributed by atoms with Gasteiger partial charge in [-0.15, -0.1) is 0 Å². The molecule has 0 aliphatic rings. The van der Waals surface area contributed by atoms with Gasteiger partial charge in [-0.1, -0.05) is 23.2 Å². The minimum Gasteiger partial charge on any atom is -0.351 e. The lowest BCUT2D eigenvalue weighted by Gasteiger charge is -2.17. The maximum absolute atomic E-state index is 5.75. The Labute approximate surface area is 110 Å². The standard InChI is InChI=1S/C10H15Cl2N3O2/c1-3-16-9(17-4-2)6-13-10-14-7(11)5-8(12)15-10/h5,9H,3-4,6H2,1-2H3,(H,13,14,15). The number of ether oxygens (including phenoxy) is 2. The molecule has 0 unspecified atom stereocenters. The van der Waals surface area contributed by atoms with Crippen LogP contribution in [-0.4, -0.2) is 36.0 Å². The van der Waals surface area contributed by atoms with Gasteiger partial charge in [0.2, 0.25) is 5.95 Å². The minimum atomic E-state index is -0.341. The number of nitrogens with one attached hydrogen (secondary N) is 1. The van der Waals surface area contributed by atoms with Crippen LogP contribution in [0.25, 0.3) is 0 Å². The van der Waals surface area contributed by atoms with E-state index in [9.17, 15) is 0 Å². The summed E-state index contributed by atoms with van der Waals surface area (Å²) in [4.78, 5) is 7.95. The Kier molecular flexibility index (Phi) is 6.50. The first kappa shape index (κ1) is 14.4. The Morgan fingerprint density at radius 2 is 1.71 bits per heavy atom. The maximum Gasteiger partial charge on any atom is 0.225 e. The molecule has 1 heterocycles. The SMILES string of the molecule is CCOC(CNc1nc(Cl)cc(Cl)n1)OCC. The summed E-state index contributed by atoms with van der Waals surface area (Å²) >= 11 is 11.5. The van der Waals surface area contributed by atoms with Crippen LogP contribution in [0.5, 0.6) is 0 Å². The molecule has 0 aliphatic carbocycles. The van der Waals surface area contributed by atoms with Crippen LogP contribution in [0, 0.1) is 0 Å². The smallest absolute Gasteiger partial charge is 0.225 e. The van der Waals surface area contributed by atoms with E-state index in [0.29, 0.717) is 25.7 Å². The molecule has 96 valence electrons. The third kappa shape index (κ3) is 5.50. The second-order valence-electron chi connectivity index (χ2n) is 3.06. The van der Waals surface area contributed by atoms with Gasteiger partial charge >= 0.3 is 0 Å². The lowest BCUT2D eigenvalue weighted by molar-refractivity contribution is -0.126. The summed E-state index contributed by atoms with van der Waals surface area (Å²) in [6, 6.07) is 1.47. The van der Waals surface area contributed by atoms with Crippen molar-refractivity contribution >= 4 is 29.2 Å². The molecule has 0 fully saturated rings. The molecule has 0 saturated heterocycles. The monoisotopic (exact) mass is 279 g/mol. The number of halogens is 2. The quantitative estimate of drug-likeness (QED) is 0.614. The van der Waals surface area contributed by atoms with Crippen molar-refractivity contribution in [3.05, 3.63) is 16.4 Å². The van der Waals surface area contributed by atoms with Crippen molar-refractivity contribution in [3.8, 4) is 0 Å². The molecule has 1 rings (SSSR count). The summed E-state index contributed by atoms with van der Waals surface area (Å²) in [6.07, 6.45) is -0.341. The van der Waals surface area contributed by atoms with Gasteiger partial charge in [0.25, 0.3) is 0 Å². The Morgan fingerprint density at radius 3 is 2.18 bits per heavy atom. The molecule has 0 atom stereocenters. The molecule has 0 bridgehead atoms. The first-order valence-electron chi connectivity index (χ1n) is 5.32. The fourth-order valence-corrected chi connectivity index (χ4v) is 1.60. The summed E-state index contributed by atoms with van der Waals surface area (Å²) < 4.78 is 10.7. The van der Waals surface area contributed by atoms with Gasteiger partial charge < -0.3 is 14.8 Å². The molecule has 0 aliphatic heterocycles. The fourth-order valence-electron chi connectivity index (χ4n) is 1.18. The van der Waals surface area contributed by atoms with Gasteiger partial charge in [0.1, 0.15) is 10.3 Å². The van der Waals surface area contributed by atoms with Crippen molar-refractivity contribution in [2.75, 3.05) is 25.1 Å². The molecule has 1 N–H and O–H groups in total. The maximum atomic E-state index is 5.75. The van der Waals surface area contributed by atoms with Gasteiger partial charge in [-0.3, -0.25) is 0 Å². The van der Waals surface area contributed by atoms with Crippen LogP contribution in [0.2, 0.25) is 10.3 Å². The number of rotatable bonds is 7. The summed E-state index contributed by atoms with van der Waals surface area (Å²) in [5.41, 5.74) is 0. The van der Waals surface area contributed by atoms with E-state index in [0.717, 1.165) is 0 Å². The molecule has 17 heavy (non-hydrogen) atoms. The molecule has 0 radical (unpaired) electrons. The molecule has 0 aromatic carbocycles. The van der Waals surface area contributed by atoms with Crippen molar-refractivity contribution in [2.45, 2.75) is 20.1 Å². The van der Waals surface area contributed by atoms with E-state index in [2.05, 4.69) is 15.3 Å². The molecular formula is C10H15Cl2N3O2. The predicted molar refractivity (Wildman–Crippen MR) is 67.6 cm³/mol. The van der Waals surface area contributed by atoms with Crippen molar-refractivity contribution < 1.29 is 9.47 Å².